The number of fused-ring (bicyclic) bond motifs is 5. The van der Waals surface area contributed by atoms with Crippen molar-refractivity contribution in [3.63, 3.8) is 0 Å². The Hall–Kier alpha value is -3.59. The largest absolute Gasteiger partial charge is 0.310 e. The average molecular weight is 356 g/mol. The van der Waals surface area contributed by atoms with Crippen LogP contribution in [0.3, 0.4) is 0 Å². The van der Waals surface area contributed by atoms with Gasteiger partial charge in [0.2, 0.25) is 6.71 Å². The van der Waals surface area contributed by atoms with Gasteiger partial charge >= 0.3 is 0 Å². The number of aromatic nitrogens is 1. The smallest absolute Gasteiger partial charge is 0.246 e. The molecule has 1 aromatic heterocycles. The fourth-order valence-electron chi connectivity index (χ4n) is 4.77. The van der Waals surface area contributed by atoms with Crippen LogP contribution in [0.25, 0.3) is 27.5 Å². The number of rotatable bonds is 2. The Labute approximate surface area is 163 Å². The maximum atomic E-state index is 4.15. The predicted octanol–water partition coefficient (Wildman–Crippen LogP) is 3.95. The minimum atomic E-state index is 0.231. The van der Waals surface area contributed by atoms with Crippen molar-refractivity contribution in [2.45, 2.75) is 0 Å². The van der Waals surface area contributed by atoms with Crippen molar-refractivity contribution in [3.05, 3.63) is 91.0 Å². The Balaban J connectivity index is 1.82. The third-order valence-electron chi connectivity index (χ3n) is 5.92. The molecule has 0 spiro atoms. The second-order valence-electron chi connectivity index (χ2n) is 7.34. The van der Waals surface area contributed by atoms with Crippen LogP contribution in [0.1, 0.15) is 0 Å². The molecule has 1 aliphatic rings. The molecule has 0 bridgehead atoms. The van der Waals surface area contributed by atoms with Crippen LogP contribution in [0.2, 0.25) is 0 Å². The Morgan fingerprint density at radius 1 is 0.714 bits per heavy atom. The molecule has 3 heteroatoms. The first kappa shape index (κ1) is 15.5. The summed E-state index contributed by atoms with van der Waals surface area (Å²) in [5, 5.41) is 2.50. The van der Waals surface area contributed by atoms with Gasteiger partial charge in [-0.3, -0.25) is 4.99 Å². The third kappa shape index (κ3) is 1.96. The maximum Gasteiger partial charge on any atom is 0.246 e. The minimum absolute atomic E-state index is 0.231. The molecule has 0 N–H and O–H groups in total. The van der Waals surface area contributed by atoms with Crippen molar-refractivity contribution in [1.82, 2.24) is 4.57 Å². The van der Waals surface area contributed by atoms with E-state index >= 15 is 0 Å². The summed E-state index contributed by atoms with van der Waals surface area (Å²) in [5.74, 6) is 0. The molecule has 28 heavy (non-hydrogen) atoms. The standard InChI is InChI=1S/C25H17BN2/c1-27-18-14-15-23-20(16-18)19-10-7-12-22-25(19)28(23)24-13-6-5-11-21(24)26(22)17-8-3-2-4-9-17/h2-16H,1H2. The van der Waals surface area contributed by atoms with Crippen LogP contribution in [0.15, 0.2) is 96.0 Å². The molecule has 0 atom stereocenters. The highest BCUT2D eigenvalue weighted by Crippen LogP contribution is 2.34. The Morgan fingerprint density at radius 3 is 2.36 bits per heavy atom. The van der Waals surface area contributed by atoms with Gasteiger partial charge < -0.3 is 4.57 Å². The van der Waals surface area contributed by atoms with E-state index in [1.165, 1.54) is 43.9 Å². The van der Waals surface area contributed by atoms with E-state index in [0.717, 1.165) is 5.69 Å². The van der Waals surface area contributed by atoms with Gasteiger partial charge in [-0.05, 0) is 41.9 Å². The van der Waals surface area contributed by atoms with Crippen LogP contribution in [0.5, 0.6) is 0 Å². The van der Waals surface area contributed by atoms with Crippen molar-refractivity contribution in [2.75, 3.05) is 0 Å². The summed E-state index contributed by atoms with van der Waals surface area (Å²) >= 11 is 0. The number of para-hydroxylation sites is 2. The van der Waals surface area contributed by atoms with Crippen molar-refractivity contribution in [2.24, 2.45) is 4.99 Å². The molecule has 0 amide bonds. The molecule has 2 nitrogen and oxygen atoms in total. The average Bonchev–Trinajstić information content (AvgIpc) is 3.10. The molecule has 0 saturated heterocycles. The van der Waals surface area contributed by atoms with Crippen LogP contribution >= 0.6 is 0 Å². The fourth-order valence-corrected chi connectivity index (χ4v) is 4.77. The van der Waals surface area contributed by atoms with Gasteiger partial charge in [0.15, 0.2) is 0 Å². The van der Waals surface area contributed by atoms with Crippen molar-refractivity contribution in [1.29, 1.82) is 0 Å². The SMILES string of the molecule is C=Nc1ccc2c(c1)c1cccc3c1n2-c1ccccc1B3c1ccccc1. The quantitative estimate of drug-likeness (QED) is 0.330. The molecule has 6 rings (SSSR count). The summed E-state index contributed by atoms with van der Waals surface area (Å²) in [6.45, 7) is 3.94. The molecule has 2 heterocycles. The zero-order chi connectivity index (χ0) is 18.7. The molecule has 0 unspecified atom stereocenters. The second-order valence-corrected chi connectivity index (χ2v) is 7.34. The highest BCUT2D eigenvalue weighted by Gasteiger charge is 2.32. The van der Waals surface area contributed by atoms with Crippen molar-refractivity contribution in [3.8, 4) is 5.69 Å². The monoisotopic (exact) mass is 356 g/mol. The molecule has 130 valence electrons. The highest BCUT2D eigenvalue weighted by atomic mass is 15.0. The van der Waals surface area contributed by atoms with Gasteiger partial charge in [-0.25, -0.2) is 0 Å². The van der Waals surface area contributed by atoms with E-state index < -0.39 is 0 Å². The van der Waals surface area contributed by atoms with Gasteiger partial charge in [-0.1, -0.05) is 72.2 Å². The topological polar surface area (TPSA) is 17.3 Å². The van der Waals surface area contributed by atoms with Crippen LogP contribution in [0, 0.1) is 0 Å². The van der Waals surface area contributed by atoms with E-state index in [1.807, 2.05) is 6.07 Å². The summed E-state index contributed by atoms with van der Waals surface area (Å²) in [6.07, 6.45) is 0. The number of hydrogen-bond acceptors (Lipinski definition) is 1. The summed E-state index contributed by atoms with van der Waals surface area (Å²) in [4.78, 5) is 4.15. The van der Waals surface area contributed by atoms with Crippen molar-refractivity contribution >= 4 is 57.3 Å². The van der Waals surface area contributed by atoms with Crippen LogP contribution in [0.4, 0.5) is 5.69 Å². The summed E-state index contributed by atoms with van der Waals surface area (Å²) < 4.78 is 2.42. The molecular weight excluding hydrogens is 339 g/mol. The van der Waals surface area contributed by atoms with E-state index in [-0.39, 0.29) is 6.71 Å². The number of nitrogens with zero attached hydrogens (tertiary/aromatic N) is 2. The molecule has 0 radical (unpaired) electrons. The van der Waals surface area contributed by atoms with E-state index in [9.17, 15) is 0 Å². The first-order chi connectivity index (χ1) is 13.9. The zero-order valence-corrected chi connectivity index (χ0v) is 15.3. The van der Waals surface area contributed by atoms with Gasteiger partial charge in [0.25, 0.3) is 0 Å². The molecule has 4 aromatic carbocycles. The van der Waals surface area contributed by atoms with Crippen LogP contribution in [-0.4, -0.2) is 18.0 Å². The lowest BCUT2D eigenvalue weighted by atomic mass is 9.35. The molecule has 0 saturated carbocycles. The van der Waals surface area contributed by atoms with Crippen molar-refractivity contribution < 1.29 is 0 Å². The summed E-state index contributed by atoms with van der Waals surface area (Å²) in [7, 11) is 0. The number of benzene rings is 4. The fraction of sp³-hybridized carbons (Fsp3) is 0. The Bertz CT molecular complexity index is 1380. The van der Waals surface area contributed by atoms with E-state index in [1.54, 1.807) is 0 Å². The van der Waals surface area contributed by atoms with E-state index in [0.29, 0.717) is 0 Å². The van der Waals surface area contributed by atoms with Gasteiger partial charge in [-0.2, -0.15) is 0 Å². The third-order valence-corrected chi connectivity index (χ3v) is 5.92. The van der Waals surface area contributed by atoms with Gasteiger partial charge in [0.05, 0.1) is 11.2 Å². The summed E-state index contributed by atoms with van der Waals surface area (Å²) in [6, 6.07) is 32.6. The first-order valence-corrected chi connectivity index (χ1v) is 9.55. The molecule has 0 aliphatic carbocycles. The Kier molecular flexibility index (Phi) is 3.15. The van der Waals surface area contributed by atoms with Crippen LogP contribution < -0.4 is 16.4 Å². The lowest BCUT2D eigenvalue weighted by molar-refractivity contribution is 1.19. The minimum Gasteiger partial charge on any atom is -0.310 e. The van der Waals surface area contributed by atoms with Gasteiger partial charge in [-0.15, -0.1) is 0 Å². The zero-order valence-electron chi connectivity index (χ0n) is 15.3. The molecule has 1 aliphatic heterocycles. The maximum absolute atomic E-state index is 4.15. The lowest BCUT2D eigenvalue weighted by Crippen LogP contribution is -2.55. The van der Waals surface area contributed by atoms with E-state index in [2.05, 4.69) is 101 Å². The highest BCUT2D eigenvalue weighted by molar-refractivity contribution is 6.98. The lowest BCUT2D eigenvalue weighted by Gasteiger charge is -2.26. The molecule has 0 fully saturated rings. The van der Waals surface area contributed by atoms with Gasteiger partial charge in [0, 0.05) is 22.0 Å². The molecular formula is C25H17BN2. The van der Waals surface area contributed by atoms with E-state index in [4.69, 9.17) is 0 Å². The Morgan fingerprint density at radius 2 is 1.50 bits per heavy atom. The number of aliphatic imine (C=N–C) groups is 1. The second kappa shape index (κ2) is 5.70. The predicted molar refractivity (Wildman–Crippen MR) is 121 cm³/mol. The summed E-state index contributed by atoms with van der Waals surface area (Å²) in [5.41, 5.74) is 8.70. The molecule has 5 aromatic rings. The van der Waals surface area contributed by atoms with Crippen LogP contribution in [-0.2, 0) is 0 Å². The normalized spacial score (nSPS) is 12.4. The van der Waals surface area contributed by atoms with Gasteiger partial charge in [0.1, 0.15) is 0 Å². The first-order valence-electron chi connectivity index (χ1n) is 9.55. The number of hydrogen-bond donors (Lipinski definition) is 0.